The summed E-state index contributed by atoms with van der Waals surface area (Å²) in [6.45, 7) is 8.03. The van der Waals surface area contributed by atoms with Crippen LogP contribution in [-0.2, 0) is 14.3 Å². The van der Waals surface area contributed by atoms with E-state index in [1.54, 1.807) is 44.4 Å². The summed E-state index contributed by atoms with van der Waals surface area (Å²) in [4.78, 5) is 39.2. The Morgan fingerprint density at radius 1 is 0.914 bits per heavy atom. The maximum Gasteiger partial charge on any atom is 0.336 e. The minimum Gasteiger partial charge on any atom is -0.497 e. The molecule has 3 aromatic rings. The van der Waals surface area contributed by atoms with Gasteiger partial charge in [0.2, 0.25) is 5.91 Å². The fourth-order valence-corrected chi connectivity index (χ4v) is 3.60. The van der Waals surface area contributed by atoms with Crippen LogP contribution in [0.4, 0.5) is 0 Å². The van der Waals surface area contributed by atoms with Gasteiger partial charge in [-0.25, -0.2) is 4.79 Å². The molecule has 0 fully saturated rings. The van der Waals surface area contributed by atoms with Crippen molar-refractivity contribution in [3.8, 4) is 5.75 Å². The van der Waals surface area contributed by atoms with Crippen LogP contribution in [0.1, 0.15) is 56.0 Å². The molecule has 0 aliphatic carbocycles. The fourth-order valence-electron chi connectivity index (χ4n) is 3.60. The lowest BCUT2D eigenvalue weighted by Gasteiger charge is -2.22. The number of carbonyl (C=O) groups excluding carboxylic acids is 3. The number of nitrogens with one attached hydrogen (secondary N) is 1. The summed E-state index contributed by atoms with van der Waals surface area (Å²) in [5.74, 6) is -1.52. The predicted molar refractivity (Wildman–Crippen MR) is 137 cm³/mol. The molecule has 0 saturated carbocycles. The highest BCUT2D eigenvalue weighted by atomic mass is 16.5. The normalized spacial score (nSPS) is 13.1. The first-order valence-electron chi connectivity index (χ1n) is 11.7. The van der Waals surface area contributed by atoms with Crippen LogP contribution in [0.5, 0.6) is 5.75 Å². The van der Waals surface area contributed by atoms with Crippen molar-refractivity contribution in [2.45, 2.75) is 46.1 Å². The molecule has 184 valence electrons. The van der Waals surface area contributed by atoms with Gasteiger partial charge in [-0.15, -0.1) is 0 Å². The molecular formula is C29H33NO5. The standard InChI is InChI=1S/C29H33NO5/c1-19(21-11-12-23-18-24(34-5)14-13-22(23)17-21)27(32)30-25(26(31)20-9-7-6-8-10-20)28(33)35-16-15-29(2,3)4/h6-14,17-19,25H,15-16H2,1-5H3,(H,30,32)/t19-,25-/m0/s1. The van der Waals surface area contributed by atoms with Crippen molar-refractivity contribution in [1.29, 1.82) is 0 Å². The van der Waals surface area contributed by atoms with Crippen LogP contribution < -0.4 is 10.1 Å². The number of carbonyl (C=O) groups is 3. The van der Waals surface area contributed by atoms with Gasteiger partial charge in [0.05, 0.1) is 19.6 Å². The zero-order valence-corrected chi connectivity index (χ0v) is 21.0. The smallest absolute Gasteiger partial charge is 0.336 e. The number of Topliss-reactive ketones (excluding diaryl/α,β-unsaturated/α-hetero) is 1. The Bertz CT molecular complexity index is 1200. The summed E-state index contributed by atoms with van der Waals surface area (Å²) in [7, 11) is 1.61. The highest BCUT2D eigenvalue weighted by Gasteiger charge is 2.32. The average molecular weight is 476 g/mol. The van der Waals surface area contributed by atoms with Gasteiger partial charge in [0.15, 0.2) is 11.8 Å². The lowest BCUT2D eigenvalue weighted by atomic mass is 9.93. The zero-order valence-electron chi connectivity index (χ0n) is 21.0. The van der Waals surface area contributed by atoms with Gasteiger partial charge < -0.3 is 14.8 Å². The molecule has 1 N–H and O–H groups in total. The third-order valence-electron chi connectivity index (χ3n) is 5.90. The molecule has 6 heteroatoms. The van der Waals surface area contributed by atoms with E-state index in [1.807, 2.05) is 57.2 Å². The Kier molecular flexibility index (Phi) is 8.28. The van der Waals surface area contributed by atoms with Crippen molar-refractivity contribution in [3.63, 3.8) is 0 Å². The summed E-state index contributed by atoms with van der Waals surface area (Å²) in [6.07, 6.45) is 0.636. The molecule has 6 nitrogen and oxygen atoms in total. The summed E-state index contributed by atoms with van der Waals surface area (Å²) in [5, 5.41) is 4.59. The van der Waals surface area contributed by atoms with Crippen LogP contribution in [0, 0.1) is 5.41 Å². The maximum atomic E-state index is 13.2. The Hall–Kier alpha value is -3.67. The highest BCUT2D eigenvalue weighted by molar-refractivity contribution is 6.14. The van der Waals surface area contributed by atoms with Crippen molar-refractivity contribution in [2.75, 3.05) is 13.7 Å². The van der Waals surface area contributed by atoms with Gasteiger partial charge in [0.1, 0.15) is 5.75 Å². The SMILES string of the molecule is COc1ccc2cc([C@H](C)C(=O)N[C@H](C(=O)OCCC(C)(C)C)C(=O)c3ccccc3)ccc2c1. The first kappa shape index (κ1) is 25.9. The van der Waals surface area contributed by atoms with Crippen LogP contribution in [0.2, 0.25) is 0 Å². The van der Waals surface area contributed by atoms with Gasteiger partial charge in [0, 0.05) is 5.56 Å². The second kappa shape index (κ2) is 11.2. The molecular weight excluding hydrogens is 442 g/mol. The van der Waals surface area contributed by atoms with E-state index in [0.29, 0.717) is 12.0 Å². The van der Waals surface area contributed by atoms with Gasteiger partial charge in [-0.1, -0.05) is 75.4 Å². The predicted octanol–water partition coefficient (Wildman–Crippen LogP) is 5.30. The fraction of sp³-hybridized carbons (Fsp3) is 0.345. The van der Waals surface area contributed by atoms with Crippen molar-refractivity contribution >= 4 is 28.4 Å². The minimum atomic E-state index is -1.42. The third-order valence-corrected chi connectivity index (χ3v) is 5.90. The molecule has 0 aromatic heterocycles. The molecule has 1 amide bonds. The molecule has 0 unspecified atom stereocenters. The van der Waals surface area contributed by atoms with Gasteiger partial charge in [-0.05, 0) is 47.2 Å². The van der Waals surface area contributed by atoms with Crippen LogP contribution in [0.25, 0.3) is 10.8 Å². The molecule has 0 bridgehead atoms. The molecule has 35 heavy (non-hydrogen) atoms. The van der Waals surface area contributed by atoms with E-state index >= 15 is 0 Å². The van der Waals surface area contributed by atoms with Gasteiger partial charge >= 0.3 is 5.97 Å². The zero-order chi connectivity index (χ0) is 25.6. The maximum absolute atomic E-state index is 13.2. The summed E-state index contributed by atoms with van der Waals surface area (Å²) >= 11 is 0. The molecule has 2 atom stereocenters. The van der Waals surface area contributed by atoms with E-state index < -0.39 is 29.6 Å². The number of esters is 1. The molecule has 0 spiro atoms. The number of rotatable bonds is 9. The second-order valence-corrected chi connectivity index (χ2v) is 9.84. The van der Waals surface area contributed by atoms with E-state index in [0.717, 1.165) is 22.1 Å². The summed E-state index contributed by atoms with van der Waals surface area (Å²) < 4.78 is 10.7. The van der Waals surface area contributed by atoms with E-state index in [-0.39, 0.29) is 12.0 Å². The number of benzene rings is 3. The number of amides is 1. The van der Waals surface area contributed by atoms with Gasteiger partial charge in [0.25, 0.3) is 0 Å². The van der Waals surface area contributed by atoms with E-state index in [4.69, 9.17) is 9.47 Å². The Balaban J connectivity index is 1.79. The second-order valence-electron chi connectivity index (χ2n) is 9.84. The average Bonchev–Trinajstić information content (AvgIpc) is 2.85. The minimum absolute atomic E-state index is 0.0307. The number of hydrogen-bond acceptors (Lipinski definition) is 5. The van der Waals surface area contributed by atoms with Crippen LogP contribution in [0.15, 0.2) is 66.7 Å². The molecule has 0 radical (unpaired) electrons. The van der Waals surface area contributed by atoms with E-state index in [2.05, 4.69) is 5.32 Å². The Labute approximate surface area is 206 Å². The van der Waals surface area contributed by atoms with Crippen molar-refractivity contribution in [2.24, 2.45) is 5.41 Å². The summed E-state index contributed by atoms with van der Waals surface area (Å²) in [5.41, 5.74) is 1.07. The molecule has 3 rings (SSSR count). The van der Waals surface area contributed by atoms with Crippen molar-refractivity contribution in [3.05, 3.63) is 77.9 Å². The molecule has 3 aromatic carbocycles. The number of ketones is 1. The van der Waals surface area contributed by atoms with Gasteiger partial charge in [-0.2, -0.15) is 0 Å². The molecule has 0 aliphatic rings. The highest BCUT2D eigenvalue weighted by Crippen LogP contribution is 2.25. The molecule has 0 heterocycles. The van der Waals surface area contributed by atoms with Crippen molar-refractivity contribution < 1.29 is 23.9 Å². The lowest BCUT2D eigenvalue weighted by Crippen LogP contribution is -2.48. The number of methoxy groups -OCH3 is 1. The Morgan fingerprint density at radius 2 is 1.57 bits per heavy atom. The number of fused-ring (bicyclic) bond motifs is 1. The number of ether oxygens (including phenoxy) is 2. The Morgan fingerprint density at radius 3 is 2.23 bits per heavy atom. The summed E-state index contributed by atoms with van der Waals surface area (Å²) in [6, 6.07) is 18.4. The monoisotopic (exact) mass is 475 g/mol. The molecule has 0 saturated heterocycles. The lowest BCUT2D eigenvalue weighted by molar-refractivity contribution is -0.147. The van der Waals surface area contributed by atoms with Crippen LogP contribution in [0.3, 0.4) is 0 Å². The molecule has 0 aliphatic heterocycles. The first-order chi connectivity index (χ1) is 16.6. The van der Waals surface area contributed by atoms with E-state index in [9.17, 15) is 14.4 Å². The van der Waals surface area contributed by atoms with Crippen LogP contribution in [-0.4, -0.2) is 37.4 Å². The quantitative estimate of drug-likeness (QED) is 0.258. The van der Waals surface area contributed by atoms with Gasteiger partial charge in [-0.3, -0.25) is 9.59 Å². The van der Waals surface area contributed by atoms with Crippen LogP contribution >= 0.6 is 0 Å². The largest absolute Gasteiger partial charge is 0.497 e. The third kappa shape index (κ3) is 6.92. The topological polar surface area (TPSA) is 81.7 Å². The van der Waals surface area contributed by atoms with Crippen molar-refractivity contribution in [1.82, 2.24) is 5.32 Å². The first-order valence-corrected chi connectivity index (χ1v) is 11.7. The number of hydrogen-bond donors (Lipinski definition) is 1. The van der Waals surface area contributed by atoms with E-state index in [1.165, 1.54) is 0 Å².